The van der Waals surface area contributed by atoms with E-state index in [1.54, 1.807) is 12.4 Å². The molecule has 0 spiro atoms. The number of hydrogen-bond acceptors (Lipinski definition) is 6. The van der Waals surface area contributed by atoms with Crippen LogP contribution in [0, 0.1) is 0 Å². The molecule has 0 unspecified atom stereocenters. The van der Waals surface area contributed by atoms with E-state index in [4.69, 9.17) is 9.47 Å². The number of fused-ring (bicyclic) bond motifs is 1. The van der Waals surface area contributed by atoms with Gasteiger partial charge >= 0.3 is 0 Å². The Kier molecular flexibility index (Phi) is 3.98. The zero-order chi connectivity index (χ0) is 15.5. The van der Waals surface area contributed by atoms with Crippen molar-refractivity contribution in [2.24, 2.45) is 0 Å². The molecule has 0 amide bonds. The van der Waals surface area contributed by atoms with Crippen molar-refractivity contribution in [3.05, 3.63) is 42.2 Å². The van der Waals surface area contributed by atoms with Crippen LogP contribution in [0.15, 0.2) is 36.7 Å². The normalized spacial score (nSPS) is 17.5. The van der Waals surface area contributed by atoms with Crippen molar-refractivity contribution >= 4 is 5.95 Å². The molecule has 6 nitrogen and oxygen atoms in total. The zero-order valence-corrected chi connectivity index (χ0v) is 13.0. The van der Waals surface area contributed by atoms with Crippen molar-refractivity contribution in [3.63, 3.8) is 0 Å². The highest BCUT2D eigenvalue weighted by Crippen LogP contribution is 2.32. The Labute approximate surface area is 135 Å². The van der Waals surface area contributed by atoms with Gasteiger partial charge in [0.15, 0.2) is 11.5 Å². The fourth-order valence-corrected chi connectivity index (χ4v) is 3.01. The van der Waals surface area contributed by atoms with Crippen LogP contribution in [0.1, 0.15) is 5.56 Å². The molecule has 0 aliphatic carbocycles. The molecule has 1 aromatic carbocycles. The highest BCUT2D eigenvalue weighted by molar-refractivity contribution is 5.44. The first kappa shape index (κ1) is 14.3. The lowest BCUT2D eigenvalue weighted by Gasteiger charge is -2.34. The predicted octanol–water partition coefficient (Wildman–Crippen LogP) is 1.57. The fraction of sp³-hybridized carbons (Fsp3) is 0.412. The molecule has 1 saturated heterocycles. The molecule has 1 fully saturated rings. The van der Waals surface area contributed by atoms with E-state index in [1.165, 1.54) is 5.56 Å². The second-order valence-electron chi connectivity index (χ2n) is 5.82. The van der Waals surface area contributed by atoms with Crippen molar-refractivity contribution < 1.29 is 9.47 Å². The summed E-state index contributed by atoms with van der Waals surface area (Å²) in [7, 11) is 0. The van der Waals surface area contributed by atoms with E-state index < -0.39 is 0 Å². The standard InChI is InChI=1S/C17H20N4O2/c1-5-18-17(19-6-1)21-10-8-20(9-11-21)7-4-14-2-3-15-16(12-14)23-13-22-15/h1-3,5-6,12H,4,7-11,13H2. The van der Waals surface area contributed by atoms with Crippen molar-refractivity contribution in [2.45, 2.75) is 6.42 Å². The number of nitrogens with zero attached hydrogens (tertiary/aromatic N) is 4. The van der Waals surface area contributed by atoms with Gasteiger partial charge in [0.2, 0.25) is 12.7 Å². The number of rotatable bonds is 4. The third kappa shape index (κ3) is 3.22. The quantitative estimate of drug-likeness (QED) is 0.854. The minimum absolute atomic E-state index is 0.336. The maximum absolute atomic E-state index is 5.44. The molecule has 0 bridgehead atoms. The molecule has 2 aromatic rings. The molecule has 0 atom stereocenters. The number of benzene rings is 1. The summed E-state index contributed by atoms with van der Waals surface area (Å²) in [5, 5.41) is 0. The molecule has 6 heteroatoms. The monoisotopic (exact) mass is 312 g/mol. The molecule has 0 N–H and O–H groups in total. The van der Waals surface area contributed by atoms with Gasteiger partial charge in [-0.25, -0.2) is 9.97 Å². The molecule has 3 heterocycles. The summed E-state index contributed by atoms with van der Waals surface area (Å²) in [6, 6.07) is 8.07. The smallest absolute Gasteiger partial charge is 0.231 e. The van der Waals surface area contributed by atoms with Crippen LogP contribution >= 0.6 is 0 Å². The summed E-state index contributed by atoms with van der Waals surface area (Å²) in [5.41, 5.74) is 1.29. The van der Waals surface area contributed by atoms with Gasteiger partial charge in [-0.2, -0.15) is 0 Å². The van der Waals surface area contributed by atoms with Crippen LogP contribution in [0.4, 0.5) is 5.95 Å². The van der Waals surface area contributed by atoms with Crippen LogP contribution < -0.4 is 14.4 Å². The minimum Gasteiger partial charge on any atom is -0.454 e. The second kappa shape index (κ2) is 6.42. The molecular formula is C17H20N4O2. The zero-order valence-electron chi connectivity index (χ0n) is 13.0. The third-order valence-electron chi connectivity index (χ3n) is 4.36. The molecule has 23 heavy (non-hydrogen) atoms. The van der Waals surface area contributed by atoms with E-state index in [-0.39, 0.29) is 0 Å². The van der Waals surface area contributed by atoms with Gasteiger partial charge in [-0.3, -0.25) is 4.90 Å². The summed E-state index contributed by atoms with van der Waals surface area (Å²) in [6.07, 6.45) is 4.63. The molecule has 0 radical (unpaired) electrons. The highest BCUT2D eigenvalue weighted by Gasteiger charge is 2.19. The summed E-state index contributed by atoms with van der Waals surface area (Å²) in [4.78, 5) is 13.4. The fourth-order valence-electron chi connectivity index (χ4n) is 3.01. The topological polar surface area (TPSA) is 50.7 Å². The lowest BCUT2D eigenvalue weighted by molar-refractivity contribution is 0.174. The number of ether oxygens (including phenoxy) is 2. The summed E-state index contributed by atoms with van der Waals surface area (Å²) in [5.74, 6) is 2.56. The Hall–Kier alpha value is -2.34. The minimum atomic E-state index is 0.336. The van der Waals surface area contributed by atoms with E-state index in [1.807, 2.05) is 12.1 Å². The summed E-state index contributed by atoms with van der Waals surface area (Å²) >= 11 is 0. The van der Waals surface area contributed by atoms with Crippen LogP contribution in [-0.2, 0) is 6.42 Å². The van der Waals surface area contributed by atoms with Gasteiger partial charge in [-0.1, -0.05) is 6.07 Å². The molecule has 0 saturated carbocycles. The number of piperazine rings is 1. The Balaban J connectivity index is 1.28. The van der Waals surface area contributed by atoms with E-state index in [2.05, 4.69) is 31.9 Å². The molecule has 120 valence electrons. The predicted molar refractivity (Wildman–Crippen MR) is 87.0 cm³/mol. The number of aromatic nitrogens is 2. The lowest BCUT2D eigenvalue weighted by atomic mass is 10.1. The van der Waals surface area contributed by atoms with Gasteiger partial charge in [0.1, 0.15) is 0 Å². The van der Waals surface area contributed by atoms with Crippen molar-refractivity contribution in [2.75, 3.05) is 44.4 Å². The average molecular weight is 312 g/mol. The van der Waals surface area contributed by atoms with Crippen molar-refractivity contribution in [3.8, 4) is 11.5 Å². The van der Waals surface area contributed by atoms with Gasteiger partial charge in [0.25, 0.3) is 0 Å². The Bertz CT molecular complexity index is 657. The SMILES string of the molecule is c1cnc(N2CCN(CCc3ccc4c(c3)OCO4)CC2)nc1. The largest absolute Gasteiger partial charge is 0.454 e. The maximum Gasteiger partial charge on any atom is 0.231 e. The van der Waals surface area contributed by atoms with Crippen LogP contribution in [0.2, 0.25) is 0 Å². The lowest BCUT2D eigenvalue weighted by Crippen LogP contribution is -2.47. The summed E-state index contributed by atoms with van der Waals surface area (Å²) in [6.45, 7) is 5.44. The number of anilines is 1. The molecule has 4 rings (SSSR count). The van der Waals surface area contributed by atoms with E-state index >= 15 is 0 Å². The van der Waals surface area contributed by atoms with Crippen LogP contribution in [-0.4, -0.2) is 54.4 Å². The molecule has 2 aliphatic rings. The maximum atomic E-state index is 5.44. The summed E-state index contributed by atoms with van der Waals surface area (Å²) < 4.78 is 10.8. The average Bonchev–Trinajstić information content (AvgIpc) is 3.09. The van der Waals surface area contributed by atoms with Crippen molar-refractivity contribution in [1.29, 1.82) is 0 Å². The van der Waals surface area contributed by atoms with Crippen LogP contribution in [0.25, 0.3) is 0 Å². The Morgan fingerprint density at radius 3 is 2.57 bits per heavy atom. The van der Waals surface area contributed by atoms with Gasteiger partial charge in [-0.05, 0) is 30.2 Å². The van der Waals surface area contributed by atoms with Crippen LogP contribution in [0.3, 0.4) is 0 Å². The first-order valence-corrected chi connectivity index (χ1v) is 8.01. The molecular weight excluding hydrogens is 292 g/mol. The first-order valence-electron chi connectivity index (χ1n) is 8.01. The van der Waals surface area contributed by atoms with Gasteiger partial charge in [0.05, 0.1) is 0 Å². The molecule has 2 aliphatic heterocycles. The third-order valence-corrected chi connectivity index (χ3v) is 4.36. The van der Waals surface area contributed by atoms with E-state index in [0.717, 1.165) is 56.6 Å². The van der Waals surface area contributed by atoms with Crippen molar-refractivity contribution in [1.82, 2.24) is 14.9 Å². The van der Waals surface area contributed by atoms with Gasteiger partial charge in [0, 0.05) is 45.1 Å². The highest BCUT2D eigenvalue weighted by atomic mass is 16.7. The number of hydrogen-bond donors (Lipinski definition) is 0. The van der Waals surface area contributed by atoms with Crippen LogP contribution in [0.5, 0.6) is 11.5 Å². The van der Waals surface area contributed by atoms with Gasteiger partial charge in [-0.15, -0.1) is 0 Å². The second-order valence-corrected chi connectivity index (χ2v) is 5.82. The Morgan fingerprint density at radius 1 is 0.957 bits per heavy atom. The Morgan fingerprint density at radius 2 is 1.74 bits per heavy atom. The molecule has 1 aromatic heterocycles. The van der Waals surface area contributed by atoms with E-state index in [9.17, 15) is 0 Å². The van der Waals surface area contributed by atoms with Gasteiger partial charge < -0.3 is 14.4 Å². The van der Waals surface area contributed by atoms with E-state index in [0.29, 0.717) is 6.79 Å². The first-order chi connectivity index (χ1) is 11.4.